The standard InChI is InChI=1S/C23H20F2N2O4S/c1-27-21(19-5-4-8-32-19)20(22(28)26-16-7-6-12(24)9-15(16)25)13-10-17(30-2)18(31-3)11-14(13)23(27)29/h4-11,20-21H,1-3H3,(H,26,28)/t20-,21-/m1/s1. The van der Waals surface area contributed by atoms with Crippen molar-refractivity contribution in [1.29, 1.82) is 0 Å². The number of hydrogen-bond acceptors (Lipinski definition) is 5. The van der Waals surface area contributed by atoms with Gasteiger partial charge in [0.05, 0.1) is 31.9 Å². The van der Waals surface area contributed by atoms with E-state index in [1.807, 2.05) is 17.5 Å². The summed E-state index contributed by atoms with van der Waals surface area (Å²) in [6.07, 6.45) is 0. The number of halogens is 2. The highest BCUT2D eigenvalue weighted by atomic mass is 32.1. The van der Waals surface area contributed by atoms with Crippen LogP contribution in [0.25, 0.3) is 0 Å². The summed E-state index contributed by atoms with van der Waals surface area (Å²) in [6, 6.07) is 9.10. The number of nitrogens with one attached hydrogen (secondary N) is 1. The monoisotopic (exact) mass is 458 g/mol. The predicted octanol–water partition coefficient (Wildman–Crippen LogP) is 4.59. The number of thiophene rings is 1. The van der Waals surface area contributed by atoms with Crippen LogP contribution in [0.4, 0.5) is 14.5 Å². The van der Waals surface area contributed by atoms with Gasteiger partial charge in [0.2, 0.25) is 5.91 Å². The number of hydrogen-bond donors (Lipinski definition) is 1. The lowest BCUT2D eigenvalue weighted by Crippen LogP contribution is -2.43. The van der Waals surface area contributed by atoms with Crippen molar-refractivity contribution in [2.45, 2.75) is 12.0 Å². The van der Waals surface area contributed by atoms with Gasteiger partial charge < -0.3 is 19.7 Å². The average Bonchev–Trinajstić information content (AvgIpc) is 3.31. The van der Waals surface area contributed by atoms with Gasteiger partial charge in [-0.3, -0.25) is 9.59 Å². The Morgan fingerprint density at radius 3 is 2.44 bits per heavy atom. The quantitative estimate of drug-likeness (QED) is 0.607. The Kier molecular flexibility index (Phi) is 5.84. The lowest BCUT2D eigenvalue weighted by atomic mass is 9.81. The molecule has 0 bridgehead atoms. The molecule has 9 heteroatoms. The SMILES string of the molecule is COc1cc2c(cc1OC)[C@@H](C(=O)Nc1ccc(F)cc1F)[C@@H](c1cccs1)N(C)C2=O. The second-order valence-electron chi connectivity index (χ2n) is 7.26. The summed E-state index contributed by atoms with van der Waals surface area (Å²) in [5.41, 5.74) is 0.574. The summed E-state index contributed by atoms with van der Waals surface area (Å²) in [5.74, 6) is -2.62. The van der Waals surface area contributed by atoms with Crippen LogP contribution in [0.5, 0.6) is 11.5 Å². The molecule has 0 saturated carbocycles. The molecule has 0 radical (unpaired) electrons. The van der Waals surface area contributed by atoms with E-state index in [0.29, 0.717) is 23.1 Å². The van der Waals surface area contributed by atoms with Gasteiger partial charge in [0, 0.05) is 23.6 Å². The summed E-state index contributed by atoms with van der Waals surface area (Å²) in [5, 5.41) is 4.41. The smallest absolute Gasteiger partial charge is 0.254 e. The summed E-state index contributed by atoms with van der Waals surface area (Å²) in [6.45, 7) is 0. The van der Waals surface area contributed by atoms with E-state index in [0.717, 1.165) is 17.0 Å². The van der Waals surface area contributed by atoms with Crippen LogP contribution in [-0.4, -0.2) is 38.0 Å². The zero-order chi connectivity index (χ0) is 23.0. The third kappa shape index (κ3) is 3.69. The number of ether oxygens (including phenoxy) is 2. The van der Waals surface area contributed by atoms with E-state index in [1.165, 1.54) is 36.5 Å². The van der Waals surface area contributed by atoms with Crippen LogP contribution in [0.15, 0.2) is 47.8 Å². The van der Waals surface area contributed by atoms with Crippen molar-refractivity contribution in [3.63, 3.8) is 0 Å². The Balaban J connectivity index is 1.86. The van der Waals surface area contributed by atoms with E-state index in [4.69, 9.17) is 9.47 Å². The van der Waals surface area contributed by atoms with Gasteiger partial charge >= 0.3 is 0 Å². The molecule has 4 rings (SSSR count). The first kappa shape index (κ1) is 21.8. The predicted molar refractivity (Wildman–Crippen MR) is 116 cm³/mol. The summed E-state index contributed by atoms with van der Waals surface area (Å²) in [4.78, 5) is 29.0. The number of carbonyl (C=O) groups is 2. The number of amides is 2. The van der Waals surface area contributed by atoms with Crippen molar-refractivity contribution in [3.8, 4) is 11.5 Å². The molecule has 6 nitrogen and oxygen atoms in total. The van der Waals surface area contributed by atoms with Gasteiger partial charge in [-0.25, -0.2) is 8.78 Å². The fraction of sp³-hybridized carbons (Fsp3) is 0.217. The van der Waals surface area contributed by atoms with E-state index >= 15 is 0 Å². The topological polar surface area (TPSA) is 67.9 Å². The maximum atomic E-state index is 14.2. The van der Waals surface area contributed by atoms with Crippen LogP contribution in [-0.2, 0) is 4.79 Å². The molecule has 0 aliphatic carbocycles. The Labute approximate surface area is 187 Å². The molecule has 166 valence electrons. The number of nitrogens with zero attached hydrogens (tertiary/aromatic N) is 1. The lowest BCUT2D eigenvalue weighted by molar-refractivity contribution is -0.119. The van der Waals surface area contributed by atoms with Gasteiger partial charge in [-0.2, -0.15) is 0 Å². The molecule has 0 unspecified atom stereocenters. The van der Waals surface area contributed by atoms with E-state index in [1.54, 1.807) is 13.1 Å². The third-order valence-corrected chi connectivity index (χ3v) is 6.42. The summed E-state index contributed by atoms with van der Waals surface area (Å²) >= 11 is 1.41. The van der Waals surface area contributed by atoms with Crippen molar-refractivity contribution in [3.05, 3.63) is 75.5 Å². The molecular weight excluding hydrogens is 438 g/mol. The molecule has 3 aromatic rings. The first-order valence-electron chi connectivity index (χ1n) is 9.68. The van der Waals surface area contributed by atoms with Crippen molar-refractivity contribution < 1.29 is 27.8 Å². The highest BCUT2D eigenvalue weighted by molar-refractivity contribution is 7.10. The minimum atomic E-state index is -0.890. The van der Waals surface area contributed by atoms with Gasteiger partial charge in [-0.15, -0.1) is 11.3 Å². The van der Waals surface area contributed by atoms with E-state index in [-0.39, 0.29) is 17.2 Å². The molecular formula is C23H20F2N2O4S. The minimum Gasteiger partial charge on any atom is -0.493 e. The lowest BCUT2D eigenvalue weighted by Gasteiger charge is -2.39. The molecule has 0 fully saturated rings. The second kappa shape index (κ2) is 8.58. The Morgan fingerprint density at radius 1 is 1.09 bits per heavy atom. The Morgan fingerprint density at radius 2 is 1.81 bits per heavy atom. The third-order valence-electron chi connectivity index (χ3n) is 5.48. The van der Waals surface area contributed by atoms with Crippen LogP contribution in [0.3, 0.4) is 0 Å². The van der Waals surface area contributed by atoms with Crippen molar-refractivity contribution >= 4 is 28.8 Å². The number of carbonyl (C=O) groups excluding carboxylic acids is 2. The number of methoxy groups -OCH3 is 2. The van der Waals surface area contributed by atoms with Crippen molar-refractivity contribution in [2.24, 2.45) is 0 Å². The zero-order valence-electron chi connectivity index (χ0n) is 17.5. The van der Waals surface area contributed by atoms with E-state index in [9.17, 15) is 18.4 Å². The highest BCUT2D eigenvalue weighted by Gasteiger charge is 2.44. The summed E-state index contributed by atoms with van der Waals surface area (Å²) in [7, 11) is 4.53. The van der Waals surface area contributed by atoms with Gasteiger partial charge in [-0.05, 0) is 41.3 Å². The van der Waals surface area contributed by atoms with Gasteiger partial charge in [0.15, 0.2) is 11.5 Å². The molecule has 0 spiro atoms. The van der Waals surface area contributed by atoms with Crippen LogP contribution < -0.4 is 14.8 Å². The number of rotatable bonds is 5. The largest absolute Gasteiger partial charge is 0.493 e. The average molecular weight is 458 g/mol. The number of benzene rings is 2. The maximum absolute atomic E-state index is 14.2. The molecule has 1 aliphatic heterocycles. The first-order chi connectivity index (χ1) is 15.3. The van der Waals surface area contributed by atoms with Crippen molar-refractivity contribution in [1.82, 2.24) is 4.90 Å². The number of anilines is 1. The molecule has 2 heterocycles. The maximum Gasteiger partial charge on any atom is 0.254 e. The molecule has 0 saturated heterocycles. The zero-order valence-corrected chi connectivity index (χ0v) is 18.3. The molecule has 2 atom stereocenters. The normalized spacial score (nSPS) is 17.7. The van der Waals surface area contributed by atoms with Crippen LogP contribution >= 0.6 is 11.3 Å². The molecule has 2 amide bonds. The Hall–Kier alpha value is -3.46. The fourth-order valence-electron chi connectivity index (χ4n) is 3.95. The van der Waals surface area contributed by atoms with Gasteiger partial charge in [-0.1, -0.05) is 6.07 Å². The Bertz CT molecular complexity index is 1180. The van der Waals surface area contributed by atoms with Gasteiger partial charge in [0.25, 0.3) is 5.91 Å². The molecule has 2 aromatic carbocycles. The van der Waals surface area contributed by atoms with Gasteiger partial charge in [0.1, 0.15) is 11.6 Å². The number of likely N-dealkylation sites (N-methyl/N-ethyl adjacent to an activating group) is 1. The fourth-order valence-corrected chi connectivity index (χ4v) is 4.85. The van der Waals surface area contributed by atoms with Crippen LogP contribution in [0, 0.1) is 11.6 Å². The molecule has 1 aromatic heterocycles. The van der Waals surface area contributed by atoms with Crippen LogP contribution in [0.1, 0.15) is 32.8 Å². The molecule has 1 aliphatic rings. The van der Waals surface area contributed by atoms with E-state index < -0.39 is 29.5 Å². The number of fused-ring (bicyclic) bond motifs is 1. The molecule has 32 heavy (non-hydrogen) atoms. The molecule has 1 N–H and O–H groups in total. The summed E-state index contributed by atoms with van der Waals surface area (Å²) < 4.78 is 38.3. The van der Waals surface area contributed by atoms with Crippen LogP contribution in [0.2, 0.25) is 0 Å². The minimum absolute atomic E-state index is 0.150. The highest BCUT2D eigenvalue weighted by Crippen LogP contribution is 2.46. The van der Waals surface area contributed by atoms with Crippen molar-refractivity contribution in [2.75, 3.05) is 26.6 Å². The van der Waals surface area contributed by atoms with E-state index in [2.05, 4.69) is 5.32 Å². The second-order valence-corrected chi connectivity index (χ2v) is 8.24. The first-order valence-corrected chi connectivity index (χ1v) is 10.6.